The van der Waals surface area contributed by atoms with E-state index in [1.807, 2.05) is 36.4 Å². The molecule has 0 aromatic heterocycles. The largest absolute Gasteiger partial charge is 0.497 e. The van der Waals surface area contributed by atoms with Crippen LogP contribution in [0.15, 0.2) is 84.0 Å². The van der Waals surface area contributed by atoms with E-state index >= 15 is 0 Å². The van der Waals surface area contributed by atoms with Gasteiger partial charge in [-0.1, -0.05) is 48.5 Å². The third-order valence-electron chi connectivity index (χ3n) is 5.67. The quantitative estimate of drug-likeness (QED) is 0.642. The molecule has 3 aromatic carbocycles. The van der Waals surface area contributed by atoms with Crippen LogP contribution in [0.1, 0.15) is 36.1 Å². The first kappa shape index (κ1) is 16.9. The van der Waals surface area contributed by atoms with Crippen LogP contribution in [-0.4, -0.2) is 17.8 Å². The third-order valence-corrected chi connectivity index (χ3v) is 5.67. The van der Waals surface area contributed by atoms with Gasteiger partial charge in [0, 0.05) is 24.5 Å². The molecule has 140 valence electrons. The Morgan fingerprint density at radius 2 is 1.68 bits per heavy atom. The van der Waals surface area contributed by atoms with E-state index in [0.29, 0.717) is 0 Å². The zero-order chi connectivity index (χ0) is 19.1. The maximum Gasteiger partial charge on any atom is 0.221 e. The molecule has 2 aliphatic rings. The second-order valence-corrected chi connectivity index (χ2v) is 7.33. The minimum atomic E-state index is -0.658. The van der Waals surface area contributed by atoms with Gasteiger partial charge in [-0.25, -0.2) is 5.01 Å². The molecule has 4 nitrogen and oxygen atoms in total. The predicted octanol–water partition coefficient (Wildman–Crippen LogP) is 5.11. The minimum absolute atomic E-state index is 0.146. The van der Waals surface area contributed by atoms with Crippen molar-refractivity contribution in [2.75, 3.05) is 7.11 Å². The summed E-state index contributed by atoms with van der Waals surface area (Å²) in [6.07, 6.45) is 0.842. The highest BCUT2D eigenvalue weighted by Gasteiger charge is 2.48. The Morgan fingerprint density at radius 3 is 2.43 bits per heavy atom. The van der Waals surface area contributed by atoms with Gasteiger partial charge < -0.3 is 9.47 Å². The molecule has 0 radical (unpaired) electrons. The fourth-order valence-corrected chi connectivity index (χ4v) is 4.15. The summed E-state index contributed by atoms with van der Waals surface area (Å²) in [4.78, 5) is 0. The molecule has 0 saturated heterocycles. The molecule has 0 amide bonds. The van der Waals surface area contributed by atoms with Gasteiger partial charge in [0.25, 0.3) is 0 Å². The number of ether oxygens (including phenoxy) is 2. The molecule has 2 atom stereocenters. The molecule has 0 spiro atoms. The zero-order valence-electron chi connectivity index (χ0n) is 16.0. The summed E-state index contributed by atoms with van der Waals surface area (Å²) >= 11 is 0. The van der Waals surface area contributed by atoms with Crippen molar-refractivity contribution in [1.82, 2.24) is 5.01 Å². The molecular weight excluding hydrogens is 348 g/mol. The van der Waals surface area contributed by atoms with E-state index in [2.05, 4.69) is 54.4 Å². The van der Waals surface area contributed by atoms with Gasteiger partial charge in [-0.2, -0.15) is 5.10 Å². The van der Waals surface area contributed by atoms with E-state index in [0.717, 1.165) is 34.8 Å². The molecule has 0 fully saturated rings. The number of fused-ring (bicyclic) bond motifs is 3. The monoisotopic (exact) mass is 370 g/mol. The van der Waals surface area contributed by atoms with Crippen molar-refractivity contribution >= 4 is 5.71 Å². The summed E-state index contributed by atoms with van der Waals surface area (Å²) in [5, 5.41) is 7.18. The molecule has 2 aliphatic heterocycles. The summed E-state index contributed by atoms with van der Waals surface area (Å²) in [5.41, 5.74) is 3.80. The Labute approximate surface area is 165 Å². The molecule has 4 heteroatoms. The topological polar surface area (TPSA) is 34.1 Å². The molecule has 0 saturated carbocycles. The number of hydrogen-bond donors (Lipinski definition) is 0. The van der Waals surface area contributed by atoms with E-state index in [4.69, 9.17) is 14.6 Å². The van der Waals surface area contributed by atoms with Gasteiger partial charge in [0.05, 0.1) is 18.9 Å². The van der Waals surface area contributed by atoms with Crippen LogP contribution < -0.4 is 9.47 Å². The Kier molecular flexibility index (Phi) is 3.86. The SMILES string of the molecule is COc1ccc(C2=NN3[C@H](C2)c2ccccc2O[C@]3(C)c2ccccc2)cc1. The van der Waals surface area contributed by atoms with Gasteiger partial charge in [-0.05, 0) is 35.9 Å². The highest BCUT2D eigenvalue weighted by Crippen LogP contribution is 2.50. The van der Waals surface area contributed by atoms with E-state index < -0.39 is 5.72 Å². The van der Waals surface area contributed by atoms with Gasteiger partial charge in [0.15, 0.2) is 0 Å². The van der Waals surface area contributed by atoms with Crippen molar-refractivity contribution in [1.29, 1.82) is 0 Å². The van der Waals surface area contributed by atoms with Crippen LogP contribution in [-0.2, 0) is 5.72 Å². The molecular formula is C24H22N2O2. The number of para-hydroxylation sites is 1. The summed E-state index contributed by atoms with van der Waals surface area (Å²) in [5.74, 6) is 1.78. The van der Waals surface area contributed by atoms with E-state index in [1.54, 1.807) is 7.11 Å². The highest BCUT2D eigenvalue weighted by atomic mass is 16.5. The van der Waals surface area contributed by atoms with Crippen LogP contribution in [0.3, 0.4) is 0 Å². The van der Waals surface area contributed by atoms with Crippen LogP contribution in [0.2, 0.25) is 0 Å². The summed E-state index contributed by atoms with van der Waals surface area (Å²) in [6.45, 7) is 2.10. The molecule has 0 N–H and O–H groups in total. The Balaban J connectivity index is 1.61. The fourth-order valence-electron chi connectivity index (χ4n) is 4.15. The van der Waals surface area contributed by atoms with Gasteiger partial charge >= 0.3 is 0 Å². The van der Waals surface area contributed by atoms with Crippen LogP contribution in [0.25, 0.3) is 0 Å². The first-order valence-electron chi connectivity index (χ1n) is 9.54. The fraction of sp³-hybridized carbons (Fsp3) is 0.208. The summed E-state index contributed by atoms with van der Waals surface area (Å²) in [7, 11) is 1.68. The molecule has 28 heavy (non-hydrogen) atoms. The third kappa shape index (κ3) is 2.56. The van der Waals surface area contributed by atoms with Crippen molar-refractivity contribution in [3.8, 4) is 11.5 Å². The summed E-state index contributed by atoms with van der Waals surface area (Å²) < 4.78 is 11.8. The second-order valence-electron chi connectivity index (χ2n) is 7.33. The normalized spacial score (nSPS) is 22.7. The maximum absolute atomic E-state index is 6.54. The molecule has 0 bridgehead atoms. The number of hydrazone groups is 1. The Bertz CT molecular complexity index is 1030. The van der Waals surface area contributed by atoms with E-state index in [-0.39, 0.29) is 6.04 Å². The lowest BCUT2D eigenvalue weighted by molar-refractivity contribution is -0.112. The first-order chi connectivity index (χ1) is 13.7. The molecule has 2 heterocycles. The average molecular weight is 370 g/mol. The minimum Gasteiger partial charge on any atom is -0.497 e. The van der Waals surface area contributed by atoms with Crippen molar-refractivity contribution in [3.05, 3.63) is 95.6 Å². The van der Waals surface area contributed by atoms with Gasteiger partial charge in [0.2, 0.25) is 5.72 Å². The van der Waals surface area contributed by atoms with Crippen LogP contribution >= 0.6 is 0 Å². The van der Waals surface area contributed by atoms with E-state index in [1.165, 1.54) is 5.56 Å². The number of benzene rings is 3. The molecule has 0 aliphatic carbocycles. The van der Waals surface area contributed by atoms with Crippen LogP contribution in [0, 0.1) is 0 Å². The van der Waals surface area contributed by atoms with Crippen molar-refractivity contribution in [2.24, 2.45) is 5.10 Å². The van der Waals surface area contributed by atoms with Crippen LogP contribution in [0.4, 0.5) is 0 Å². The molecule has 3 aromatic rings. The van der Waals surface area contributed by atoms with Crippen molar-refractivity contribution in [3.63, 3.8) is 0 Å². The molecule has 0 unspecified atom stereocenters. The smallest absolute Gasteiger partial charge is 0.221 e. The summed E-state index contributed by atoms with van der Waals surface area (Å²) in [6, 6.07) is 26.9. The predicted molar refractivity (Wildman–Crippen MR) is 110 cm³/mol. The van der Waals surface area contributed by atoms with Gasteiger partial charge in [-0.3, -0.25) is 0 Å². The Morgan fingerprint density at radius 1 is 0.964 bits per heavy atom. The zero-order valence-corrected chi connectivity index (χ0v) is 16.0. The molecule has 5 rings (SSSR count). The van der Waals surface area contributed by atoms with Crippen LogP contribution in [0.5, 0.6) is 11.5 Å². The van der Waals surface area contributed by atoms with Crippen molar-refractivity contribution < 1.29 is 9.47 Å². The second kappa shape index (κ2) is 6.41. The lowest BCUT2D eigenvalue weighted by Gasteiger charge is -2.46. The van der Waals surface area contributed by atoms with Gasteiger partial charge in [0.1, 0.15) is 11.5 Å². The van der Waals surface area contributed by atoms with Gasteiger partial charge in [-0.15, -0.1) is 0 Å². The number of nitrogens with zero attached hydrogens (tertiary/aromatic N) is 2. The Hall–Kier alpha value is -3.27. The number of hydrogen-bond acceptors (Lipinski definition) is 4. The number of methoxy groups -OCH3 is 1. The lowest BCUT2D eigenvalue weighted by atomic mass is 9.92. The first-order valence-corrected chi connectivity index (χ1v) is 9.54. The highest BCUT2D eigenvalue weighted by molar-refractivity contribution is 6.02. The number of rotatable bonds is 3. The maximum atomic E-state index is 6.54. The van der Waals surface area contributed by atoms with Crippen molar-refractivity contribution in [2.45, 2.75) is 25.1 Å². The average Bonchev–Trinajstić information content (AvgIpc) is 3.21. The standard InChI is InChI=1S/C24H22N2O2/c1-24(18-8-4-3-5-9-18)26-22(20-10-6-7-11-23(20)28-24)16-21(25-26)17-12-14-19(27-2)15-13-17/h3-15,22H,16H2,1-2H3/t22-,24-/m1/s1. The van der Waals surface area contributed by atoms with E-state index in [9.17, 15) is 0 Å². The lowest BCUT2D eigenvalue weighted by Crippen LogP contribution is -2.48.